The van der Waals surface area contributed by atoms with E-state index in [4.69, 9.17) is 0 Å². The van der Waals surface area contributed by atoms with Crippen molar-refractivity contribution in [1.82, 2.24) is 10.6 Å². The zero-order chi connectivity index (χ0) is 24.4. The summed E-state index contributed by atoms with van der Waals surface area (Å²) in [5.41, 5.74) is 0.977. The molecule has 166 valence electrons. The van der Waals surface area contributed by atoms with E-state index in [1.807, 2.05) is 6.92 Å². The molecule has 0 atom stereocenters. The molecule has 0 fully saturated rings. The number of nitrogens with one attached hydrogen (secondary N) is 2. The van der Waals surface area contributed by atoms with Crippen molar-refractivity contribution in [3.63, 3.8) is 0 Å². The van der Waals surface area contributed by atoms with Crippen molar-refractivity contribution in [1.29, 1.82) is 0 Å². The van der Waals surface area contributed by atoms with Gasteiger partial charge >= 0.3 is 11.9 Å². The Morgan fingerprint density at radius 3 is 1.21 bits per heavy atom. The highest BCUT2D eigenvalue weighted by Crippen LogP contribution is 1.87. The number of rotatable bonds is 4. The fourth-order valence-corrected chi connectivity index (χ4v) is 0.573. The first kappa shape index (κ1) is 36.5. The van der Waals surface area contributed by atoms with E-state index in [-0.39, 0.29) is 17.8 Å². The van der Waals surface area contributed by atoms with Crippen molar-refractivity contribution in [2.45, 2.75) is 20.8 Å². The second-order valence-electron chi connectivity index (χ2n) is 4.59. The van der Waals surface area contributed by atoms with E-state index in [9.17, 15) is 19.2 Å². The molecule has 0 bridgehead atoms. The van der Waals surface area contributed by atoms with Gasteiger partial charge in [0.25, 0.3) is 0 Å². The minimum absolute atomic E-state index is 0.0972. The van der Waals surface area contributed by atoms with Crippen LogP contribution in [-0.2, 0) is 28.7 Å². The molecule has 2 N–H and O–H groups in total. The van der Waals surface area contributed by atoms with Gasteiger partial charge in [0.15, 0.2) is 0 Å². The van der Waals surface area contributed by atoms with E-state index in [0.29, 0.717) is 11.1 Å². The second-order valence-corrected chi connectivity index (χ2v) is 4.59. The highest BCUT2D eigenvalue weighted by Gasteiger charge is 1.95. The van der Waals surface area contributed by atoms with Crippen LogP contribution in [0, 0.1) is 0 Å². The number of methoxy groups -OCH3 is 2. The van der Waals surface area contributed by atoms with Crippen LogP contribution in [-0.4, -0.2) is 52.1 Å². The molecule has 0 saturated carbocycles. The predicted molar refractivity (Wildman–Crippen MR) is 118 cm³/mol. The number of allylic oxidation sites excluding steroid dienone is 1. The lowest BCUT2D eigenvalue weighted by Gasteiger charge is -1.91. The Morgan fingerprint density at radius 2 is 1.21 bits per heavy atom. The summed E-state index contributed by atoms with van der Waals surface area (Å²) in [6.07, 6.45) is 4.08. The Hall–Kier alpha value is -3.42. The van der Waals surface area contributed by atoms with Crippen LogP contribution in [0.1, 0.15) is 20.8 Å². The molecule has 0 aromatic rings. The molecule has 0 aliphatic rings. The Bertz CT molecular complexity index is 505. The summed E-state index contributed by atoms with van der Waals surface area (Å²) in [7, 11) is 5.78. The molecule has 8 nitrogen and oxygen atoms in total. The van der Waals surface area contributed by atoms with Crippen molar-refractivity contribution in [2.75, 3.05) is 28.3 Å². The van der Waals surface area contributed by atoms with Crippen LogP contribution in [0.4, 0.5) is 0 Å². The first-order valence-electron chi connectivity index (χ1n) is 8.13. The van der Waals surface area contributed by atoms with Crippen LogP contribution in [0.25, 0.3) is 0 Å². The summed E-state index contributed by atoms with van der Waals surface area (Å²) >= 11 is 0. The molecular weight excluding hydrogens is 376 g/mol. The molecule has 0 spiro atoms. The van der Waals surface area contributed by atoms with Crippen molar-refractivity contribution in [3.05, 3.63) is 62.3 Å². The first-order chi connectivity index (χ1) is 13.4. The molecule has 0 saturated heterocycles. The summed E-state index contributed by atoms with van der Waals surface area (Å²) in [4.78, 5) is 40.3. The summed E-state index contributed by atoms with van der Waals surface area (Å²) in [5, 5.41) is 4.78. The molecule has 0 aliphatic carbocycles. The van der Waals surface area contributed by atoms with Gasteiger partial charge in [0.2, 0.25) is 11.8 Å². The second kappa shape index (κ2) is 29.3. The molecular formula is C21H36N2O6. The first-order valence-corrected chi connectivity index (χ1v) is 8.13. The molecule has 2 amide bonds. The average molecular weight is 413 g/mol. The molecule has 29 heavy (non-hydrogen) atoms. The van der Waals surface area contributed by atoms with E-state index in [1.165, 1.54) is 20.3 Å². The minimum atomic E-state index is -0.394. The molecule has 0 unspecified atom stereocenters. The Morgan fingerprint density at radius 1 is 0.793 bits per heavy atom. The van der Waals surface area contributed by atoms with Crippen molar-refractivity contribution < 1.29 is 28.7 Å². The fraction of sp³-hybridized carbons (Fsp3) is 0.333. The topological polar surface area (TPSA) is 111 Å². The van der Waals surface area contributed by atoms with Gasteiger partial charge in [-0.2, -0.15) is 0 Å². The lowest BCUT2D eigenvalue weighted by atomic mass is 10.3. The Labute approximate surface area is 175 Å². The number of carbonyl (C=O) groups is 4. The van der Waals surface area contributed by atoms with Gasteiger partial charge < -0.3 is 20.1 Å². The number of hydrogen-bond acceptors (Lipinski definition) is 6. The summed E-state index contributed by atoms with van der Waals surface area (Å²) in [5.74, 6) is -0.981. The zero-order valence-electron chi connectivity index (χ0n) is 18.7. The maximum atomic E-state index is 10.3. The average Bonchev–Trinajstić information content (AvgIpc) is 2.72. The molecule has 0 aromatic carbocycles. The molecule has 8 heteroatoms. The van der Waals surface area contributed by atoms with Crippen LogP contribution in [0.3, 0.4) is 0 Å². The Balaban J connectivity index is -0.0000000846. The van der Waals surface area contributed by atoms with Gasteiger partial charge in [-0.3, -0.25) is 9.59 Å². The number of esters is 2. The standard InChI is InChI=1S/C5H9NO.C5H8O2.C4H7NO.C4H6O2.C3H6/c1-4(2)5(7)6-3;1-4(2)5(6)7-3;1-3-4(6)5-2;1-3-4(5)6-2;1-3-2/h1H2,2-3H3,(H,6,7);1H2,2-3H3;3H,1H2,2H3,(H,5,6);3H,1H2,2H3;3H,1H2,2H3. The van der Waals surface area contributed by atoms with Crippen molar-refractivity contribution in [3.8, 4) is 0 Å². The molecule has 0 rings (SSSR count). The van der Waals surface area contributed by atoms with E-state index in [2.05, 4.69) is 53.0 Å². The molecule has 0 radical (unpaired) electrons. The third-order valence-electron chi connectivity index (χ3n) is 1.95. The zero-order valence-corrected chi connectivity index (χ0v) is 18.7. The number of likely N-dealkylation sites (N-methyl/N-ethyl adjacent to an activating group) is 2. The van der Waals surface area contributed by atoms with Crippen molar-refractivity contribution >= 4 is 23.8 Å². The van der Waals surface area contributed by atoms with Crippen LogP contribution < -0.4 is 10.6 Å². The third-order valence-corrected chi connectivity index (χ3v) is 1.95. The van der Waals surface area contributed by atoms with E-state index < -0.39 is 5.97 Å². The maximum absolute atomic E-state index is 10.3. The minimum Gasteiger partial charge on any atom is -0.466 e. The summed E-state index contributed by atoms with van der Waals surface area (Å²) in [6, 6.07) is 0. The van der Waals surface area contributed by atoms with Gasteiger partial charge in [0.1, 0.15) is 0 Å². The highest BCUT2D eigenvalue weighted by molar-refractivity contribution is 5.91. The lowest BCUT2D eigenvalue weighted by molar-refractivity contribution is -0.136. The maximum Gasteiger partial charge on any atom is 0.332 e. The highest BCUT2D eigenvalue weighted by atomic mass is 16.5. The SMILES string of the molecule is C=C(C)C(=O)NC.C=C(C)C(=O)OC.C=CC.C=CC(=O)NC.C=CC(=O)OC. The number of carbonyl (C=O) groups excluding carboxylic acids is 4. The van der Waals surface area contributed by atoms with Gasteiger partial charge in [0.05, 0.1) is 14.2 Å². The molecule has 0 aromatic heterocycles. The van der Waals surface area contributed by atoms with Gasteiger partial charge in [-0.05, 0) is 26.8 Å². The van der Waals surface area contributed by atoms with E-state index >= 15 is 0 Å². The van der Waals surface area contributed by atoms with Gasteiger partial charge in [-0.1, -0.05) is 32.4 Å². The monoisotopic (exact) mass is 412 g/mol. The van der Waals surface area contributed by atoms with Gasteiger partial charge in [-0.25, -0.2) is 9.59 Å². The van der Waals surface area contributed by atoms with Crippen LogP contribution in [0.5, 0.6) is 0 Å². The number of amides is 2. The van der Waals surface area contributed by atoms with Crippen LogP contribution in [0.15, 0.2) is 62.3 Å². The van der Waals surface area contributed by atoms with E-state index in [0.717, 1.165) is 6.08 Å². The summed E-state index contributed by atoms with van der Waals surface area (Å²) in [6.45, 7) is 21.7. The van der Waals surface area contributed by atoms with Gasteiger partial charge in [0, 0.05) is 31.3 Å². The lowest BCUT2D eigenvalue weighted by Crippen LogP contribution is -2.17. The number of hydrogen-bond donors (Lipinski definition) is 2. The largest absolute Gasteiger partial charge is 0.466 e. The number of ether oxygens (including phenoxy) is 2. The fourth-order valence-electron chi connectivity index (χ4n) is 0.573. The molecule has 0 heterocycles. The normalized spacial score (nSPS) is 7.00. The smallest absolute Gasteiger partial charge is 0.332 e. The molecule has 0 aliphatic heterocycles. The Kier molecular flexibility index (Phi) is 36.9. The third kappa shape index (κ3) is 45.6. The quantitative estimate of drug-likeness (QED) is 0.417. The predicted octanol–water partition coefficient (Wildman–Crippen LogP) is 2.50. The summed E-state index contributed by atoms with van der Waals surface area (Å²) < 4.78 is 8.42. The van der Waals surface area contributed by atoms with Crippen LogP contribution >= 0.6 is 0 Å². The van der Waals surface area contributed by atoms with E-state index in [1.54, 1.807) is 34.0 Å². The van der Waals surface area contributed by atoms with Crippen LogP contribution in [0.2, 0.25) is 0 Å². The van der Waals surface area contributed by atoms with Gasteiger partial charge in [-0.15, -0.1) is 6.58 Å². The van der Waals surface area contributed by atoms with Crippen molar-refractivity contribution in [2.24, 2.45) is 0 Å².